The third-order valence-corrected chi connectivity index (χ3v) is 4.31. The van der Waals surface area contributed by atoms with Gasteiger partial charge in [0, 0.05) is 49.4 Å². The maximum atomic E-state index is 11.9. The van der Waals surface area contributed by atoms with E-state index in [2.05, 4.69) is 14.9 Å². The lowest BCUT2D eigenvalue weighted by molar-refractivity contribution is -0.113. The summed E-state index contributed by atoms with van der Waals surface area (Å²) in [7, 11) is 0. The molecule has 3 rings (SSSR count). The van der Waals surface area contributed by atoms with Gasteiger partial charge in [0.2, 0.25) is 5.91 Å². The lowest BCUT2D eigenvalue weighted by atomic mass is 10.2. The lowest BCUT2D eigenvalue weighted by Crippen LogP contribution is -2.49. The van der Waals surface area contributed by atoms with Crippen LogP contribution in [-0.4, -0.2) is 59.7 Å². The molecular formula is C18H23N5O3. The van der Waals surface area contributed by atoms with Crippen molar-refractivity contribution >= 4 is 34.8 Å². The van der Waals surface area contributed by atoms with Gasteiger partial charge in [-0.1, -0.05) is 6.92 Å². The maximum absolute atomic E-state index is 11.9. The number of aromatic nitrogens is 2. The highest BCUT2D eigenvalue weighted by Gasteiger charge is 2.22. The van der Waals surface area contributed by atoms with Gasteiger partial charge < -0.3 is 25.3 Å². The van der Waals surface area contributed by atoms with Gasteiger partial charge in [-0.25, -0.2) is 9.78 Å². The van der Waals surface area contributed by atoms with Gasteiger partial charge in [0.1, 0.15) is 5.65 Å². The van der Waals surface area contributed by atoms with E-state index in [1.807, 2.05) is 19.2 Å². The molecule has 1 saturated heterocycles. The van der Waals surface area contributed by atoms with Gasteiger partial charge in [-0.2, -0.15) is 0 Å². The topological polar surface area (TPSA) is 105 Å². The predicted octanol–water partition coefficient (Wildman–Crippen LogP) is 1.73. The second kappa shape index (κ2) is 7.90. The van der Waals surface area contributed by atoms with Crippen molar-refractivity contribution < 1.29 is 14.3 Å². The predicted molar refractivity (Wildman–Crippen MR) is 99.7 cm³/mol. The van der Waals surface area contributed by atoms with Crippen LogP contribution < -0.4 is 10.6 Å². The van der Waals surface area contributed by atoms with Gasteiger partial charge in [-0.3, -0.25) is 4.79 Å². The molecule has 0 spiro atoms. The number of aromatic amines is 1. The van der Waals surface area contributed by atoms with Crippen LogP contribution >= 0.6 is 0 Å². The smallest absolute Gasteiger partial charge is 0.409 e. The number of primary amides is 1. The van der Waals surface area contributed by atoms with Gasteiger partial charge in [0.25, 0.3) is 0 Å². The highest BCUT2D eigenvalue weighted by Crippen LogP contribution is 2.24. The molecule has 3 N–H and O–H groups in total. The average molecular weight is 357 g/mol. The standard InChI is InChI=1S/C18H23N5O3/c1-2-9-26-18(25)23-7-5-22(6-8-23)14-10-15-13(3-4-16(19)24)11-20-17(15)21-12-14/h3-4,10-12H,2,5-9H2,1H3,(H2,19,24)(H,20,21)/b4-3+. The molecule has 0 aliphatic carbocycles. The van der Waals surface area contributed by atoms with Crippen LogP contribution in [0.25, 0.3) is 17.1 Å². The molecule has 0 radical (unpaired) electrons. The van der Waals surface area contributed by atoms with Crippen molar-refractivity contribution in [3.63, 3.8) is 0 Å². The molecule has 8 nitrogen and oxygen atoms in total. The number of hydrogen-bond donors (Lipinski definition) is 2. The number of anilines is 1. The van der Waals surface area contributed by atoms with E-state index in [4.69, 9.17) is 10.5 Å². The van der Waals surface area contributed by atoms with Crippen LogP contribution in [0, 0.1) is 0 Å². The second-order valence-electron chi connectivity index (χ2n) is 6.16. The van der Waals surface area contributed by atoms with Crippen molar-refractivity contribution in [2.45, 2.75) is 13.3 Å². The molecule has 26 heavy (non-hydrogen) atoms. The molecule has 0 unspecified atom stereocenters. The Labute approximate surface area is 151 Å². The van der Waals surface area contributed by atoms with Crippen molar-refractivity contribution in [1.29, 1.82) is 0 Å². The molecule has 1 aliphatic heterocycles. The van der Waals surface area contributed by atoms with Crippen LogP contribution in [-0.2, 0) is 9.53 Å². The van der Waals surface area contributed by atoms with E-state index in [-0.39, 0.29) is 6.09 Å². The molecule has 2 aromatic rings. The molecule has 0 atom stereocenters. The van der Waals surface area contributed by atoms with Crippen LogP contribution in [0.5, 0.6) is 0 Å². The number of nitrogens with one attached hydrogen (secondary N) is 1. The van der Waals surface area contributed by atoms with Gasteiger partial charge in [0.15, 0.2) is 0 Å². The monoisotopic (exact) mass is 357 g/mol. The zero-order valence-electron chi connectivity index (χ0n) is 14.8. The Morgan fingerprint density at radius 3 is 2.81 bits per heavy atom. The Morgan fingerprint density at radius 1 is 1.35 bits per heavy atom. The zero-order chi connectivity index (χ0) is 18.5. The van der Waals surface area contributed by atoms with E-state index in [1.54, 1.807) is 17.2 Å². The Kier molecular flexibility index (Phi) is 5.40. The van der Waals surface area contributed by atoms with Gasteiger partial charge >= 0.3 is 6.09 Å². The number of piperazine rings is 1. The Balaban J connectivity index is 1.70. The summed E-state index contributed by atoms with van der Waals surface area (Å²) in [6.45, 7) is 5.08. The van der Waals surface area contributed by atoms with Crippen LogP contribution in [0.3, 0.4) is 0 Å². The van der Waals surface area contributed by atoms with Crippen molar-refractivity contribution in [1.82, 2.24) is 14.9 Å². The van der Waals surface area contributed by atoms with Crippen molar-refractivity contribution in [3.05, 3.63) is 30.1 Å². The first-order valence-electron chi connectivity index (χ1n) is 8.69. The van der Waals surface area contributed by atoms with Crippen LogP contribution in [0.4, 0.5) is 10.5 Å². The first kappa shape index (κ1) is 17.8. The third kappa shape index (κ3) is 3.96. The first-order chi connectivity index (χ1) is 12.6. The Bertz CT molecular complexity index is 821. The summed E-state index contributed by atoms with van der Waals surface area (Å²) < 4.78 is 5.19. The molecule has 0 bridgehead atoms. The summed E-state index contributed by atoms with van der Waals surface area (Å²) >= 11 is 0. The van der Waals surface area contributed by atoms with E-state index in [9.17, 15) is 9.59 Å². The second-order valence-corrected chi connectivity index (χ2v) is 6.16. The van der Waals surface area contributed by atoms with Crippen molar-refractivity contribution in [2.24, 2.45) is 5.73 Å². The number of rotatable bonds is 5. The van der Waals surface area contributed by atoms with E-state index < -0.39 is 5.91 Å². The number of carbonyl (C=O) groups excluding carboxylic acids is 2. The fourth-order valence-corrected chi connectivity index (χ4v) is 2.92. The maximum Gasteiger partial charge on any atom is 0.409 e. The average Bonchev–Trinajstić information content (AvgIpc) is 3.06. The molecular weight excluding hydrogens is 334 g/mol. The van der Waals surface area contributed by atoms with Crippen LogP contribution in [0.15, 0.2) is 24.5 Å². The van der Waals surface area contributed by atoms with E-state index in [1.165, 1.54) is 6.08 Å². The first-order valence-corrected chi connectivity index (χ1v) is 8.69. The number of amides is 2. The zero-order valence-corrected chi connectivity index (χ0v) is 14.8. The molecule has 2 amide bonds. The molecule has 1 fully saturated rings. The number of nitrogens with zero attached hydrogens (tertiary/aromatic N) is 3. The summed E-state index contributed by atoms with van der Waals surface area (Å²) in [5, 5.41) is 0.921. The number of hydrogen-bond acceptors (Lipinski definition) is 5. The van der Waals surface area contributed by atoms with Crippen molar-refractivity contribution in [3.8, 4) is 0 Å². The van der Waals surface area contributed by atoms with E-state index >= 15 is 0 Å². The molecule has 8 heteroatoms. The number of carbonyl (C=O) groups is 2. The number of fused-ring (bicyclic) bond motifs is 1. The molecule has 1 aliphatic rings. The Hall–Kier alpha value is -3.03. The molecule has 0 saturated carbocycles. The Morgan fingerprint density at radius 2 is 2.12 bits per heavy atom. The van der Waals surface area contributed by atoms with Gasteiger partial charge in [-0.05, 0) is 18.6 Å². The van der Waals surface area contributed by atoms with E-state index in [0.29, 0.717) is 32.8 Å². The third-order valence-electron chi connectivity index (χ3n) is 4.31. The van der Waals surface area contributed by atoms with Crippen LogP contribution in [0.1, 0.15) is 18.9 Å². The summed E-state index contributed by atoms with van der Waals surface area (Å²) in [5.41, 5.74) is 7.75. The number of ether oxygens (including phenoxy) is 1. The van der Waals surface area contributed by atoms with Gasteiger partial charge in [-0.15, -0.1) is 0 Å². The largest absolute Gasteiger partial charge is 0.449 e. The number of nitrogens with two attached hydrogens (primary N) is 1. The minimum Gasteiger partial charge on any atom is -0.449 e. The van der Waals surface area contributed by atoms with Crippen LogP contribution in [0.2, 0.25) is 0 Å². The number of pyridine rings is 1. The van der Waals surface area contributed by atoms with Crippen molar-refractivity contribution in [2.75, 3.05) is 37.7 Å². The molecule has 3 heterocycles. The molecule has 0 aromatic carbocycles. The lowest BCUT2D eigenvalue weighted by Gasteiger charge is -2.35. The minimum absolute atomic E-state index is 0.246. The normalized spacial score (nSPS) is 15.0. The number of H-pyrrole nitrogens is 1. The quantitative estimate of drug-likeness (QED) is 0.793. The van der Waals surface area contributed by atoms with E-state index in [0.717, 1.165) is 28.7 Å². The van der Waals surface area contributed by atoms with Gasteiger partial charge in [0.05, 0.1) is 18.5 Å². The SMILES string of the molecule is CCCOC(=O)N1CCN(c2cnc3[nH]cc(/C=C/C(N)=O)c3c2)CC1. The summed E-state index contributed by atoms with van der Waals surface area (Å²) in [5.74, 6) is -0.491. The summed E-state index contributed by atoms with van der Waals surface area (Å²) in [4.78, 5) is 34.3. The molecule has 2 aromatic heterocycles. The fraction of sp³-hybridized carbons (Fsp3) is 0.389. The highest BCUT2D eigenvalue weighted by molar-refractivity contribution is 5.95. The highest BCUT2D eigenvalue weighted by atomic mass is 16.6. The minimum atomic E-state index is -0.491. The summed E-state index contributed by atoms with van der Waals surface area (Å²) in [6, 6.07) is 2.03. The summed E-state index contributed by atoms with van der Waals surface area (Å²) in [6.07, 6.45) is 7.18. The fourth-order valence-electron chi connectivity index (χ4n) is 2.92. The molecule has 138 valence electrons.